The molecule has 0 saturated carbocycles. The molecule has 0 saturated heterocycles. The van der Waals surface area contributed by atoms with Gasteiger partial charge in [0.1, 0.15) is 5.69 Å². The van der Waals surface area contributed by atoms with Crippen LogP contribution in [0.3, 0.4) is 0 Å². The van der Waals surface area contributed by atoms with Gasteiger partial charge in [-0.25, -0.2) is 4.98 Å². The van der Waals surface area contributed by atoms with Crippen LogP contribution in [0.5, 0.6) is 0 Å². The number of nitrogens with two attached hydrogens (primary N) is 1. The molecule has 2 N–H and O–H groups in total. The lowest BCUT2D eigenvalue weighted by molar-refractivity contribution is 1.21. The van der Waals surface area contributed by atoms with Gasteiger partial charge in [0.25, 0.3) is 0 Å². The first-order valence-electron chi connectivity index (χ1n) is 5.60. The molecule has 0 fully saturated rings. The van der Waals surface area contributed by atoms with Crippen molar-refractivity contribution in [1.82, 2.24) is 4.98 Å². The van der Waals surface area contributed by atoms with Crippen molar-refractivity contribution in [2.75, 3.05) is 12.5 Å². The third-order valence-electron chi connectivity index (χ3n) is 2.45. The highest BCUT2D eigenvalue weighted by atomic mass is 32.2. The summed E-state index contributed by atoms with van der Waals surface area (Å²) in [6.45, 7) is 0. The van der Waals surface area contributed by atoms with Crippen molar-refractivity contribution in [2.45, 2.75) is 0 Å². The molecule has 1 heterocycles. The molecule has 0 unspecified atom stereocenters. The number of pyridine rings is 1. The summed E-state index contributed by atoms with van der Waals surface area (Å²) >= 11 is 3.08. The average Bonchev–Trinajstić information content (AvgIpc) is 2.47. The summed E-state index contributed by atoms with van der Waals surface area (Å²) in [6.07, 6.45) is 3.91. The number of nitrogens with zero attached hydrogens (tertiary/aromatic N) is 3. The summed E-state index contributed by atoms with van der Waals surface area (Å²) < 4.78 is 0.865. The van der Waals surface area contributed by atoms with Gasteiger partial charge in [-0.1, -0.05) is 24.3 Å². The smallest absolute Gasteiger partial charge is 0.172 e. The van der Waals surface area contributed by atoms with Crippen molar-refractivity contribution < 1.29 is 0 Å². The zero-order valence-corrected chi connectivity index (χ0v) is 12.3. The number of fused-ring (bicyclic) bond motifs is 1. The van der Waals surface area contributed by atoms with Gasteiger partial charge in [-0.2, -0.15) is 0 Å². The minimum absolute atomic E-state index is 0.325. The van der Waals surface area contributed by atoms with E-state index in [0.29, 0.717) is 11.5 Å². The maximum Gasteiger partial charge on any atom is 0.172 e. The Morgan fingerprint density at radius 1 is 1.05 bits per heavy atom. The van der Waals surface area contributed by atoms with Crippen molar-refractivity contribution in [3.05, 3.63) is 42.1 Å². The fourth-order valence-corrected chi connectivity index (χ4v) is 2.43. The van der Waals surface area contributed by atoms with E-state index in [-0.39, 0.29) is 0 Å². The van der Waals surface area contributed by atoms with Crippen LogP contribution in [0.1, 0.15) is 5.69 Å². The molecule has 0 atom stereocenters. The highest BCUT2D eigenvalue weighted by Gasteiger charge is 2.02. The van der Waals surface area contributed by atoms with E-state index in [1.165, 1.54) is 23.5 Å². The molecule has 6 heteroatoms. The number of rotatable bonds is 2. The summed E-state index contributed by atoms with van der Waals surface area (Å²) in [6, 6.07) is 11.7. The lowest BCUT2D eigenvalue weighted by Crippen LogP contribution is -2.14. The first kappa shape index (κ1) is 13.9. The molecule has 0 radical (unpaired) electrons. The topological polar surface area (TPSA) is 63.6 Å². The Kier molecular flexibility index (Phi) is 4.81. The molecule has 4 nitrogen and oxygen atoms in total. The van der Waals surface area contributed by atoms with Crippen LogP contribution < -0.4 is 5.73 Å². The second-order valence-electron chi connectivity index (χ2n) is 3.65. The molecule has 0 amide bonds. The molecule has 98 valence electrons. The van der Waals surface area contributed by atoms with Gasteiger partial charge in [-0.05, 0) is 24.6 Å². The van der Waals surface area contributed by atoms with Gasteiger partial charge in [0.2, 0.25) is 0 Å². The molecule has 1 aromatic heterocycles. The minimum Gasteiger partial charge on any atom is -0.380 e. The minimum atomic E-state index is 0.325. The fraction of sp³-hybridized carbons (Fsp3) is 0.154. The molecule has 2 aromatic rings. The van der Waals surface area contributed by atoms with E-state index in [1.807, 2.05) is 48.9 Å². The standard InChI is InChI=1S/C13H14N4S2/c1-18-13(19-2)17-16-12(14)11-8-7-9-5-3-4-6-10(9)15-11/h3-8H,1-2H3,(H2,14,16). The maximum absolute atomic E-state index is 5.91. The first-order chi connectivity index (χ1) is 9.24. The molecular weight excluding hydrogens is 276 g/mol. The van der Waals surface area contributed by atoms with Crippen molar-refractivity contribution >= 4 is 44.6 Å². The third-order valence-corrected chi connectivity index (χ3v) is 4.31. The monoisotopic (exact) mass is 290 g/mol. The fourth-order valence-electron chi connectivity index (χ4n) is 1.52. The summed E-state index contributed by atoms with van der Waals surface area (Å²) in [7, 11) is 0. The van der Waals surface area contributed by atoms with E-state index < -0.39 is 0 Å². The molecule has 1 aromatic carbocycles. The second-order valence-corrected chi connectivity index (χ2v) is 5.50. The second kappa shape index (κ2) is 6.58. The van der Waals surface area contributed by atoms with Crippen LogP contribution >= 0.6 is 23.5 Å². The van der Waals surface area contributed by atoms with Crippen molar-refractivity contribution in [1.29, 1.82) is 0 Å². The van der Waals surface area contributed by atoms with Gasteiger partial charge < -0.3 is 5.73 Å². The summed E-state index contributed by atoms with van der Waals surface area (Å²) in [5, 5.41) is 9.18. The molecule has 0 bridgehead atoms. The van der Waals surface area contributed by atoms with Crippen LogP contribution in [-0.4, -0.2) is 27.7 Å². The van der Waals surface area contributed by atoms with Gasteiger partial charge in [-0.15, -0.1) is 33.7 Å². The Hall–Kier alpha value is -1.53. The number of aromatic nitrogens is 1. The molecule has 0 aliphatic rings. The van der Waals surface area contributed by atoms with E-state index in [4.69, 9.17) is 5.73 Å². The van der Waals surface area contributed by atoms with E-state index in [1.54, 1.807) is 0 Å². The Morgan fingerprint density at radius 3 is 2.53 bits per heavy atom. The van der Waals surface area contributed by atoms with Crippen LogP contribution in [-0.2, 0) is 0 Å². The van der Waals surface area contributed by atoms with Crippen molar-refractivity contribution in [3.63, 3.8) is 0 Å². The van der Waals surface area contributed by atoms with Gasteiger partial charge in [0.15, 0.2) is 10.2 Å². The van der Waals surface area contributed by atoms with Crippen LogP contribution in [0.2, 0.25) is 0 Å². The lowest BCUT2D eigenvalue weighted by atomic mass is 10.2. The highest BCUT2D eigenvalue weighted by Crippen LogP contribution is 2.13. The van der Waals surface area contributed by atoms with Crippen molar-refractivity contribution in [3.8, 4) is 0 Å². The van der Waals surface area contributed by atoms with E-state index in [0.717, 1.165) is 15.3 Å². The SMILES string of the molecule is CSC(=N/N=C(\N)c1ccc2ccccc2n1)SC. The highest BCUT2D eigenvalue weighted by molar-refractivity contribution is 8.38. The summed E-state index contributed by atoms with van der Waals surface area (Å²) in [4.78, 5) is 4.47. The largest absolute Gasteiger partial charge is 0.380 e. The van der Waals surface area contributed by atoms with Crippen LogP contribution in [0.25, 0.3) is 10.9 Å². The maximum atomic E-state index is 5.91. The van der Waals surface area contributed by atoms with Crippen LogP contribution in [0.15, 0.2) is 46.6 Å². The van der Waals surface area contributed by atoms with Crippen molar-refractivity contribution in [2.24, 2.45) is 15.9 Å². The number of hydrogen-bond acceptors (Lipinski definition) is 5. The normalized spacial score (nSPS) is 11.6. The van der Waals surface area contributed by atoms with Gasteiger partial charge in [0.05, 0.1) is 5.52 Å². The molecule has 2 rings (SSSR count). The number of hydrogen-bond donors (Lipinski definition) is 1. The number of benzene rings is 1. The third kappa shape index (κ3) is 3.48. The van der Waals surface area contributed by atoms with Crippen LogP contribution in [0, 0.1) is 0 Å². The Bertz CT molecular complexity index is 631. The summed E-state index contributed by atoms with van der Waals surface area (Å²) in [5.41, 5.74) is 7.45. The van der Waals surface area contributed by atoms with Crippen LogP contribution in [0.4, 0.5) is 0 Å². The van der Waals surface area contributed by atoms with Gasteiger partial charge in [0, 0.05) is 5.39 Å². The van der Waals surface area contributed by atoms with Gasteiger partial charge in [-0.3, -0.25) is 0 Å². The Morgan fingerprint density at radius 2 is 1.79 bits per heavy atom. The first-order valence-corrected chi connectivity index (χ1v) is 8.05. The zero-order valence-electron chi connectivity index (χ0n) is 10.7. The molecule has 0 spiro atoms. The average molecular weight is 290 g/mol. The lowest BCUT2D eigenvalue weighted by Gasteiger charge is -2.01. The predicted molar refractivity (Wildman–Crippen MR) is 86.9 cm³/mol. The van der Waals surface area contributed by atoms with E-state index >= 15 is 0 Å². The Balaban J connectivity index is 2.33. The molecular formula is C13H14N4S2. The molecule has 0 aliphatic heterocycles. The van der Waals surface area contributed by atoms with E-state index in [2.05, 4.69) is 15.2 Å². The predicted octanol–water partition coefficient (Wildman–Crippen LogP) is 2.94. The number of amidine groups is 1. The zero-order chi connectivity index (χ0) is 13.7. The number of thioether (sulfide) groups is 2. The Labute approximate surface area is 120 Å². The number of para-hydroxylation sites is 1. The van der Waals surface area contributed by atoms with E-state index in [9.17, 15) is 0 Å². The molecule has 19 heavy (non-hydrogen) atoms. The van der Waals surface area contributed by atoms with Gasteiger partial charge >= 0.3 is 0 Å². The summed E-state index contributed by atoms with van der Waals surface area (Å²) in [5.74, 6) is 0.325. The quantitative estimate of drug-likeness (QED) is 0.525. The molecule has 0 aliphatic carbocycles.